The molecule has 2 rings (SSSR count). The Balaban J connectivity index is 2.17. The maximum atomic E-state index is 11.9. The summed E-state index contributed by atoms with van der Waals surface area (Å²) in [7, 11) is 0. The molecule has 6 heteroatoms. The third-order valence-corrected chi connectivity index (χ3v) is 3.21. The van der Waals surface area contributed by atoms with E-state index in [0.29, 0.717) is 10.6 Å². The van der Waals surface area contributed by atoms with Crippen molar-refractivity contribution in [3.63, 3.8) is 0 Å². The van der Waals surface area contributed by atoms with E-state index >= 15 is 0 Å². The summed E-state index contributed by atoms with van der Waals surface area (Å²) in [5.74, 6) is -0.334. The lowest BCUT2D eigenvalue weighted by molar-refractivity contribution is 0.0735. The van der Waals surface area contributed by atoms with Gasteiger partial charge in [-0.25, -0.2) is 4.79 Å². The summed E-state index contributed by atoms with van der Waals surface area (Å²) in [6.07, 6.45) is 0. The van der Waals surface area contributed by atoms with Gasteiger partial charge < -0.3 is 4.74 Å². The van der Waals surface area contributed by atoms with Crippen molar-refractivity contribution in [2.24, 2.45) is 0 Å². The molecule has 0 atom stereocenters. The largest absolute Gasteiger partial charge is 0.423 e. The predicted molar refractivity (Wildman–Crippen MR) is 78.0 cm³/mol. The van der Waals surface area contributed by atoms with Gasteiger partial charge in [0.2, 0.25) is 0 Å². The van der Waals surface area contributed by atoms with Crippen molar-refractivity contribution < 1.29 is 14.3 Å². The number of esters is 1. The molecule has 0 N–H and O–H groups in total. The Kier molecular flexibility index (Phi) is 4.65. The molecular weight excluding hydrogens is 323 g/mol. The van der Waals surface area contributed by atoms with Crippen LogP contribution in [0.2, 0.25) is 10.0 Å². The fourth-order valence-corrected chi connectivity index (χ4v) is 2.08. The molecule has 2 aromatic carbocycles. The first kappa shape index (κ1) is 14.9. The Morgan fingerprint density at radius 3 is 2.15 bits per heavy atom. The van der Waals surface area contributed by atoms with Gasteiger partial charge in [0.1, 0.15) is 5.75 Å². The summed E-state index contributed by atoms with van der Waals surface area (Å²) in [6, 6.07) is 10.3. The van der Waals surface area contributed by atoms with Crippen molar-refractivity contribution in [1.82, 2.24) is 0 Å². The first-order chi connectivity index (χ1) is 9.47. The Bertz CT molecular complexity index is 666. The average molecular weight is 330 g/mol. The van der Waals surface area contributed by atoms with Crippen molar-refractivity contribution in [2.75, 3.05) is 0 Å². The van der Waals surface area contributed by atoms with Gasteiger partial charge in [-0.15, -0.1) is 0 Å². The molecule has 20 heavy (non-hydrogen) atoms. The van der Waals surface area contributed by atoms with Crippen LogP contribution in [-0.4, -0.2) is 11.2 Å². The number of carbonyl (C=O) groups is 2. The second kappa shape index (κ2) is 6.27. The molecule has 0 unspecified atom stereocenters. The van der Waals surface area contributed by atoms with Gasteiger partial charge in [-0.1, -0.05) is 23.2 Å². The summed E-state index contributed by atoms with van der Waals surface area (Å²) in [4.78, 5) is 22.8. The van der Waals surface area contributed by atoms with E-state index in [1.54, 1.807) is 6.07 Å². The third kappa shape index (κ3) is 3.51. The molecular formula is C14H7Cl3O3. The number of benzene rings is 2. The zero-order chi connectivity index (χ0) is 14.7. The molecule has 0 saturated carbocycles. The Morgan fingerprint density at radius 2 is 1.60 bits per heavy atom. The van der Waals surface area contributed by atoms with E-state index in [-0.39, 0.29) is 16.3 Å². The monoisotopic (exact) mass is 328 g/mol. The highest BCUT2D eigenvalue weighted by Crippen LogP contribution is 2.23. The maximum Gasteiger partial charge on any atom is 0.345 e. The zero-order valence-corrected chi connectivity index (χ0v) is 12.2. The Morgan fingerprint density at radius 1 is 0.950 bits per heavy atom. The molecule has 0 heterocycles. The molecule has 0 saturated heterocycles. The van der Waals surface area contributed by atoms with Gasteiger partial charge >= 0.3 is 5.97 Å². The van der Waals surface area contributed by atoms with Crippen LogP contribution in [0.3, 0.4) is 0 Å². The van der Waals surface area contributed by atoms with E-state index < -0.39 is 11.2 Å². The van der Waals surface area contributed by atoms with Crippen LogP contribution in [0.15, 0.2) is 42.5 Å². The molecule has 0 aliphatic rings. The summed E-state index contributed by atoms with van der Waals surface area (Å²) >= 11 is 17.0. The number of ether oxygens (including phenoxy) is 1. The molecule has 102 valence electrons. The molecule has 3 nitrogen and oxygen atoms in total. The van der Waals surface area contributed by atoms with Gasteiger partial charge in [0, 0.05) is 10.6 Å². The van der Waals surface area contributed by atoms with Crippen LogP contribution in [0.4, 0.5) is 0 Å². The first-order valence-corrected chi connectivity index (χ1v) is 6.58. The summed E-state index contributed by atoms with van der Waals surface area (Å²) in [5, 5.41) is 0.0511. The number of rotatable bonds is 3. The number of hydrogen-bond donors (Lipinski definition) is 0. The smallest absolute Gasteiger partial charge is 0.345 e. The van der Waals surface area contributed by atoms with Crippen LogP contribution in [0.25, 0.3) is 0 Å². The van der Waals surface area contributed by atoms with E-state index in [1.807, 2.05) is 0 Å². The molecule has 0 aromatic heterocycles. The van der Waals surface area contributed by atoms with Crippen LogP contribution < -0.4 is 4.74 Å². The van der Waals surface area contributed by atoms with Crippen molar-refractivity contribution >= 4 is 46.0 Å². The van der Waals surface area contributed by atoms with E-state index in [0.717, 1.165) is 0 Å². The lowest BCUT2D eigenvalue weighted by atomic mass is 10.2. The Labute approximate surface area is 130 Å². The van der Waals surface area contributed by atoms with Gasteiger partial charge in [0.15, 0.2) is 0 Å². The number of hydrogen-bond acceptors (Lipinski definition) is 3. The fourth-order valence-electron chi connectivity index (χ4n) is 1.47. The van der Waals surface area contributed by atoms with Crippen molar-refractivity contribution in [3.8, 4) is 5.75 Å². The molecule has 0 amide bonds. The first-order valence-electron chi connectivity index (χ1n) is 5.44. The zero-order valence-electron chi connectivity index (χ0n) is 9.90. The van der Waals surface area contributed by atoms with Crippen LogP contribution >= 0.6 is 34.8 Å². The third-order valence-electron chi connectivity index (χ3n) is 2.44. The van der Waals surface area contributed by atoms with Gasteiger partial charge in [-0.05, 0) is 54.1 Å². The molecule has 0 radical (unpaired) electrons. The summed E-state index contributed by atoms with van der Waals surface area (Å²) < 4.78 is 5.14. The maximum absolute atomic E-state index is 11.9. The standard InChI is InChI=1S/C14H7Cl3O3/c15-9-3-6-11(12(16)7-9)14(19)20-10-4-1-8(2-5-10)13(17)18/h1-7H. The molecule has 0 bridgehead atoms. The van der Waals surface area contributed by atoms with E-state index in [4.69, 9.17) is 39.5 Å². The van der Waals surface area contributed by atoms with Gasteiger partial charge in [0.25, 0.3) is 5.24 Å². The quantitative estimate of drug-likeness (QED) is 0.470. The van der Waals surface area contributed by atoms with Crippen molar-refractivity contribution in [1.29, 1.82) is 0 Å². The molecule has 0 aliphatic heterocycles. The van der Waals surface area contributed by atoms with Gasteiger partial charge in [-0.2, -0.15) is 0 Å². The predicted octanol–water partition coefficient (Wildman–Crippen LogP) is 4.59. The minimum atomic E-state index is -0.614. The van der Waals surface area contributed by atoms with Gasteiger partial charge in [0.05, 0.1) is 10.6 Å². The SMILES string of the molecule is O=C(Cl)c1ccc(OC(=O)c2ccc(Cl)cc2Cl)cc1. The van der Waals surface area contributed by atoms with Crippen LogP contribution in [0.5, 0.6) is 5.75 Å². The fraction of sp³-hybridized carbons (Fsp3) is 0. The van der Waals surface area contributed by atoms with Crippen molar-refractivity contribution in [3.05, 3.63) is 63.6 Å². The highest BCUT2D eigenvalue weighted by Gasteiger charge is 2.13. The van der Waals surface area contributed by atoms with E-state index in [1.165, 1.54) is 36.4 Å². The van der Waals surface area contributed by atoms with Crippen LogP contribution in [-0.2, 0) is 0 Å². The number of halogens is 3. The second-order valence-electron chi connectivity index (χ2n) is 3.81. The van der Waals surface area contributed by atoms with Crippen molar-refractivity contribution in [2.45, 2.75) is 0 Å². The molecule has 0 fully saturated rings. The van der Waals surface area contributed by atoms with Gasteiger partial charge in [-0.3, -0.25) is 4.79 Å². The minimum absolute atomic E-state index is 0.202. The van der Waals surface area contributed by atoms with E-state index in [9.17, 15) is 9.59 Å². The highest BCUT2D eigenvalue weighted by atomic mass is 35.5. The highest BCUT2D eigenvalue weighted by molar-refractivity contribution is 6.67. The molecule has 2 aromatic rings. The summed E-state index contributed by atoms with van der Waals surface area (Å²) in [5.41, 5.74) is 0.518. The van der Waals surface area contributed by atoms with Crippen LogP contribution in [0.1, 0.15) is 20.7 Å². The minimum Gasteiger partial charge on any atom is -0.423 e. The normalized spacial score (nSPS) is 10.2. The molecule has 0 aliphatic carbocycles. The topological polar surface area (TPSA) is 43.4 Å². The second-order valence-corrected chi connectivity index (χ2v) is 5.00. The average Bonchev–Trinajstić information content (AvgIpc) is 2.39. The van der Waals surface area contributed by atoms with Crippen LogP contribution in [0, 0.1) is 0 Å². The molecule has 0 spiro atoms. The van der Waals surface area contributed by atoms with E-state index in [2.05, 4.69) is 0 Å². The lowest BCUT2D eigenvalue weighted by Crippen LogP contribution is -2.09. The lowest BCUT2D eigenvalue weighted by Gasteiger charge is -2.06. The number of carbonyl (C=O) groups excluding carboxylic acids is 2. The Hall–Kier alpha value is -1.55. The summed E-state index contributed by atoms with van der Waals surface area (Å²) in [6.45, 7) is 0.